The number of amides is 1. The Morgan fingerprint density at radius 2 is 1.76 bits per heavy atom. The molecule has 1 amide bonds. The molecular weight excluding hydrogens is 433 g/mol. The van der Waals surface area contributed by atoms with Crippen molar-refractivity contribution in [2.75, 3.05) is 46.3 Å². The average Bonchev–Trinajstić information content (AvgIpc) is 3.14. The third-order valence-electron chi connectivity index (χ3n) is 4.25. The van der Waals surface area contributed by atoms with Crippen molar-refractivity contribution in [1.29, 1.82) is 0 Å². The van der Waals surface area contributed by atoms with Gasteiger partial charge in [0.05, 0.1) is 23.9 Å². The average molecular weight is 456 g/mol. The zero-order chi connectivity index (χ0) is 20.3. The predicted octanol–water partition coefficient (Wildman–Crippen LogP) is 4.60. The SMILES string of the molecule is COc1ccc(C(=O)N(CCN(C)C)c2nc3c(OC)ccc(Cl)c3s2)cc1.Cl. The number of anilines is 1. The number of carbonyl (C=O) groups excluding carboxylic acids is 1. The largest absolute Gasteiger partial charge is 0.497 e. The Morgan fingerprint density at radius 3 is 2.34 bits per heavy atom. The van der Waals surface area contributed by atoms with Crippen molar-refractivity contribution in [1.82, 2.24) is 9.88 Å². The minimum Gasteiger partial charge on any atom is -0.497 e. The molecule has 0 atom stereocenters. The molecule has 1 heterocycles. The second kappa shape index (κ2) is 10.1. The van der Waals surface area contributed by atoms with E-state index in [-0.39, 0.29) is 18.3 Å². The number of ether oxygens (including phenoxy) is 2. The van der Waals surface area contributed by atoms with Gasteiger partial charge in [0.25, 0.3) is 5.91 Å². The highest BCUT2D eigenvalue weighted by atomic mass is 35.5. The van der Waals surface area contributed by atoms with Crippen molar-refractivity contribution in [3.8, 4) is 11.5 Å². The maximum absolute atomic E-state index is 13.2. The zero-order valence-corrected chi connectivity index (χ0v) is 19.0. The van der Waals surface area contributed by atoms with Crippen LogP contribution in [-0.2, 0) is 0 Å². The highest BCUT2D eigenvalue weighted by Gasteiger charge is 2.23. The molecule has 0 unspecified atom stereocenters. The van der Waals surface area contributed by atoms with E-state index in [0.717, 1.165) is 4.70 Å². The Balaban J connectivity index is 0.00000300. The quantitative estimate of drug-likeness (QED) is 0.520. The number of thiazole rings is 1. The van der Waals surface area contributed by atoms with Crippen molar-refractivity contribution in [2.24, 2.45) is 0 Å². The van der Waals surface area contributed by atoms with Crippen molar-refractivity contribution >= 4 is 56.6 Å². The first-order valence-corrected chi connectivity index (χ1v) is 9.87. The molecule has 0 fully saturated rings. The summed E-state index contributed by atoms with van der Waals surface area (Å²) in [7, 11) is 7.12. The van der Waals surface area contributed by atoms with Crippen LogP contribution in [0.15, 0.2) is 36.4 Å². The Bertz CT molecular complexity index is 977. The van der Waals surface area contributed by atoms with Gasteiger partial charge in [0, 0.05) is 18.7 Å². The van der Waals surface area contributed by atoms with Gasteiger partial charge < -0.3 is 14.4 Å². The molecule has 3 rings (SSSR count). The third-order valence-corrected chi connectivity index (χ3v) is 5.79. The van der Waals surface area contributed by atoms with Crippen LogP contribution in [-0.4, -0.2) is 57.2 Å². The van der Waals surface area contributed by atoms with E-state index in [2.05, 4.69) is 4.98 Å². The summed E-state index contributed by atoms with van der Waals surface area (Å²) in [6, 6.07) is 10.6. The summed E-state index contributed by atoms with van der Waals surface area (Å²) in [6.07, 6.45) is 0. The van der Waals surface area contributed by atoms with Crippen LogP contribution in [0.5, 0.6) is 11.5 Å². The molecule has 1 aromatic heterocycles. The van der Waals surface area contributed by atoms with Crippen molar-refractivity contribution in [3.05, 3.63) is 47.0 Å². The monoisotopic (exact) mass is 455 g/mol. The van der Waals surface area contributed by atoms with Gasteiger partial charge in [0.15, 0.2) is 5.13 Å². The van der Waals surface area contributed by atoms with Gasteiger partial charge in [-0.3, -0.25) is 9.69 Å². The van der Waals surface area contributed by atoms with Crippen LogP contribution in [0.3, 0.4) is 0 Å². The maximum Gasteiger partial charge on any atom is 0.260 e. The summed E-state index contributed by atoms with van der Waals surface area (Å²) >= 11 is 7.73. The number of benzene rings is 2. The molecule has 0 aliphatic carbocycles. The molecule has 6 nitrogen and oxygen atoms in total. The van der Waals surface area contributed by atoms with E-state index in [9.17, 15) is 4.79 Å². The molecule has 0 aliphatic heterocycles. The van der Waals surface area contributed by atoms with Crippen molar-refractivity contribution < 1.29 is 14.3 Å². The Labute approximate surface area is 185 Å². The number of aromatic nitrogens is 1. The van der Waals surface area contributed by atoms with Gasteiger partial charge >= 0.3 is 0 Å². The van der Waals surface area contributed by atoms with Gasteiger partial charge in [0.2, 0.25) is 0 Å². The fraction of sp³-hybridized carbons (Fsp3) is 0.300. The van der Waals surface area contributed by atoms with Crippen LogP contribution in [0.25, 0.3) is 10.2 Å². The van der Waals surface area contributed by atoms with E-state index in [1.807, 2.05) is 19.0 Å². The smallest absolute Gasteiger partial charge is 0.260 e. The van der Waals surface area contributed by atoms with Gasteiger partial charge in [-0.2, -0.15) is 0 Å². The standard InChI is InChI=1S/C20H22ClN3O3S.ClH/c1-23(2)11-12-24(19(25)13-5-7-14(26-3)8-6-13)20-22-17-16(27-4)10-9-15(21)18(17)28-20;/h5-10H,11-12H2,1-4H3;1H. The molecule has 9 heteroatoms. The normalized spacial score (nSPS) is 10.7. The summed E-state index contributed by atoms with van der Waals surface area (Å²) in [5.74, 6) is 1.21. The molecule has 0 N–H and O–H groups in total. The lowest BCUT2D eigenvalue weighted by Gasteiger charge is -2.22. The molecule has 0 saturated heterocycles. The minimum atomic E-state index is -0.126. The first kappa shape index (κ1) is 23.2. The number of hydrogen-bond donors (Lipinski definition) is 0. The highest BCUT2D eigenvalue weighted by Crippen LogP contribution is 2.39. The molecule has 29 heavy (non-hydrogen) atoms. The molecule has 0 spiro atoms. The highest BCUT2D eigenvalue weighted by molar-refractivity contribution is 7.23. The zero-order valence-electron chi connectivity index (χ0n) is 16.6. The van der Waals surface area contributed by atoms with Gasteiger partial charge in [-0.05, 0) is 50.5 Å². The number of halogens is 2. The van der Waals surface area contributed by atoms with E-state index in [0.29, 0.717) is 45.8 Å². The molecule has 0 saturated carbocycles. The molecule has 2 aromatic carbocycles. The number of nitrogens with zero attached hydrogens (tertiary/aromatic N) is 3. The third kappa shape index (κ3) is 5.11. The summed E-state index contributed by atoms with van der Waals surface area (Å²) in [5, 5.41) is 1.17. The number of fused-ring (bicyclic) bond motifs is 1. The van der Waals surface area contributed by atoms with E-state index in [1.54, 1.807) is 55.5 Å². The second-order valence-electron chi connectivity index (χ2n) is 6.41. The van der Waals surface area contributed by atoms with Crippen LogP contribution in [0.1, 0.15) is 10.4 Å². The Morgan fingerprint density at radius 1 is 1.07 bits per heavy atom. The molecule has 0 radical (unpaired) electrons. The Hall–Kier alpha value is -2.06. The van der Waals surface area contributed by atoms with Gasteiger partial charge in [-0.25, -0.2) is 4.98 Å². The van der Waals surface area contributed by atoms with Crippen LogP contribution in [0.2, 0.25) is 5.02 Å². The fourth-order valence-corrected chi connectivity index (χ4v) is 3.98. The van der Waals surface area contributed by atoms with Crippen LogP contribution >= 0.6 is 35.3 Å². The molecule has 0 bridgehead atoms. The summed E-state index contributed by atoms with van der Waals surface area (Å²) in [4.78, 5) is 21.6. The Kier molecular flexibility index (Phi) is 8.10. The number of methoxy groups -OCH3 is 2. The number of hydrogen-bond acceptors (Lipinski definition) is 6. The number of carbonyl (C=O) groups is 1. The van der Waals surface area contributed by atoms with Gasteiger partial charge in [-0.15, -0.1) is 12.4 Å². The fourth-order valence-electron chi connectivity index (χ4n) is 2.69. The summed E-state index contributed by atoms with van der Waals surface area (Å²) < 4.78 is 11.4. The number of rotatable bonds is 7. The molecule has 0 aliphatic rings. The summed E-state index contributed by atoms with van der Waals surface area (Å²) in [6.45, 7) is 1.19. The van der Waals surface area contributed by atoms with Crippen molar-refractivity contribution in [2.45, 2.75) is 0 Å². The lowest BCUT2D eigenvalue weighted by molar-refractivity contribution is 0.0985. The van der Waals surface area contributed by atoms with Crippen LogP contribution in [0.4, 0.5) is 5.13 Å². The topological polar surface area (TPSA) is 54.9 Å². The van der Waals surface area contributed by atoms with Crippen LogP contribution in [0, 0.1) is 0 Å². The molecule has 3 aromatic rings. The van der Waals surface area contributed by atoms with E-state index in [1.165, 1.54) is 11.3 Å². The summed E-state index contributed by atoms with van der Waals surface area (Å²) in [5.41, 5.74) is 1.23. The minimum absolute atomic E-state index is 0. The van der Waals surface area contributed by atoms with Gasteiger partial charge in [-0.1, -0.05) is 22.9 Å². The van der Waals surface area contributed by atoms with E-state index >= 15 is 0 Å². The maximum atomic E-state index is 13.2. The van der Waals surface area contributed by atoms with Crippen LogP contribution < -0.4 is 14.4 Å². The molecule has 156 valence electrons. The number of likely N-dealkylation sites (N-methyl/N-ethyl adjacent to an activating group) is 1. The predicted molar refractivity (Wildman–Crippen MR) is 122 cm³/mol. The second-order valence-corrected chi connectivity index (χ2v) is 7.80. The van der Waals surface area contributed by atoms with E-state index < -0.39 is 0 Å². The first-order chi connectivity index (χ1) is 13.4. The lowest BCUT2D eigenvalue weighted by Crippen LogP contribution is -2.36. The van der Waals surface area contributed by atoms with Crippen molar-refractivity contribution in [3.63, 3.8) is 0 Å². The van der Waals surface area contributed by atoms with Gasteiger partial charge in [0.1, 0.15) is 17.0 Å². The molecular formula is C20H23Cl2N3O3S. The van der Waals surface area contributed by atoms with E-state index in [4.69, 9.17) is 21.1 Å². The first-order valence-electron chi connectivity index (χ1n) is 8.68. The lowest BCUT2D eigenvalue weighted by atomic mass is 10.2.